The van der Waals surface area contributed by atoms with Crippen molar-refractivity contribution in [3.8, 4) is 0 Å². The first-order valence-electron chi connectivity index (χ1n) is 8.29. The van der Waals surface area contributed by atoms with E-state index in [0.29, 0.717) is 6.54 Å². The van der Waals surface area contributed by atoms with Crippen LogP contribution in [0.4, 0.5) is 4.79 Å². The Labute approximate surface area is 136 Å². The highest BCUT2D eigenvalue weighted by molar-refractivity contribution is 5.80. The highest BCUT2D eigenvalue weighted by atomic mass is 16.6. The van der Waals surface area contributed by atoms with Crippen LogP contribution in [0.25, 0.3) is 10.9 Å². The van der Waals surface area contributed by atoms with Crippen molar-refractivity contribution in [2.24, 2.45) is 0 Å². The summed E-state index contributed by atoms with van der Waals surface area (Å²) in [5.41, 5.74) is 2.47. The molecule has 2 N–H and O–H groups in total. The molecule has 5 nitrogen and oxygen atoms in total. The number of cyclic esters (lactones) is 1. The minimum absolute atomic E-state index is 0.0704. The molecule has 2 aromatic rings. The predicted octanol–water partition coefficient (Wildman–Crippen LogP) is 2.84. The predicted molar refractivity (Wildman–Crippen MR) is 89.6 cm³/mol. The van der Waals surface area contributed by atoms with Crippen LogP contribution in [0, 0.1) is 0 Å². The van der Waals surface area contributed by atoms with Gasteiger partial charge in [0.1, 0.15) is 6.10 Å². The fourth-order valence-corrected chi connectivity index (χ4v) is 4.30. The molecule has 2 unspecified atom stereocenters. The maximum absolute atomic E-state index is 11.6. The molecular formula is C18H23N3O2. The second kappa shape index (κ2) is 5.27. The molecule has 4 rings (SSSR count). The Bertz CT molecular complexity index is 733. The number of carbonyl (C=O) groups is 1. The van der Waals surface area contributed by atoms with E-state index < -0.39 is 0 Å². The van der Waals surface area contributed by atoms with E-state index in [4.69, 9.17) is 4.74 Å². The molecule has 2 atom stereocenters. The van der Waals surface area contributed by atoms with Gasteiger partial charge in [-0.3, -0.25) is 0 Å². The van der Waals surface area contributed by atoms with Crippen LogP contribution in [0.2, 0.25) is 0 Å². The second-order valence-corrected chi connectivity index (χ2v) is 6.98. The number of rotatable bonds is 4. The van der Waals surface area contributed by atoms with Crippen molar-refractivity contribution in [3.05, 3.63) is 36.0 Å². The van der Waals surface area contributed by atoms with Gasteiger partial charge in [-0.05, 0) is 62.5 Å². The number of amides is 1. The monoisotopic (exact) mass is 313 g/mol. The zero-order chi connectivity index (χ0) is 16.0. The van der Waals surface area contributed by atoms with Crippen molar-refractivity contribution >= 4 is 17.0 Å². The van der Waals surface area contributed by atoms with Gasteiger partial charge in [0, 0.05) is 23.2 Å². The van der Waals surface area contributed by atoms with E-state index in [0.717, 1.165) is 18.4 Å². The third-order valence-electron chi connectivity index (χ3n) is 5.70. The molecule has 1 saturated heterocycles. The van der Waals surface area contributed by atoms with Gasteiger partial charge in [0.05, 0.1) is 6.54 Å². The number of H-pyrrole nitrogens is 1. The first-order chi connectivity index (χ1) is 11.1. The normalized spacial score (nSPS) is 24.3. The Hall–Kier alpha value is -2.01. The molecule has 1 aromatic heterocycles. The summed E-state index contributed by atoms with van der Waals surface area (Å²) >= 11 is 0. The Balaban J connectivity index is 1.79. The molecular weight excluding hydrogens is 290 g/mol. The number of likely N-dealkylation sites (N-methyl/N-ethyl adjacent to an activating group) is 1. The number of benzene rings is 1. The molecule has 1 aromatic carbocycles. The van der Waals surface area contributed by atoms with Gasteiger partial charge in [0.2, 0.25) is 0 Å². The number of nitrogens with zero attached hydrogens (tertiary/aromatic N) is 1. The molecule has 5 heteroatoms. The summed E-state index contributed by atoms with van der Waals surface area (Å²) in [5.74, 6) is 0.185. The molecule has 122 valence electrons. The molecule has 2 heterocycles. The molecule has 1 saturated carbocycles. The Morgan fingerprint density at radius 2 is 2.13 bits per heavy atom. The third-order valence-corrected chi connectivity index (χ3v) is 5.70. The van der Waals surface area contributed by atoms with Crippen LogP contribution in [0.5, 0.6) is 0 Å². The van der Waals surface area contributed by atoms with Gasteiger partial charge < -0.3 is 19.9 Å². The van der Waals surface area contributed by atoms with Gasteiger partial charge in [-0.25, -0.2) is 4.79 Å². The minimum Gasteiger partial charge on any atom is -0.444 e. The average Bonchev–Trinajstić information content (AvgIpc) is 3.09. The summed E-state index contributed by atoms with van der Waals surface area (Å²) in [4.78, 5) is 17.2. The molecule has 1 aliphatic carbocycles. The number of hydrogen-bond donors (Lipinski definition) is 2. The zero-order valence-corrected chi connectivity index (χ0v) is 13.6. The van der Waals surface area contributed by atoms with E-state index in [-0.39, 0.29) is 23.7 Å². The molecule has 0 bridgehead atoms. The molecule has 1 amide bonds. The number of carbonyl (C=O) groups excluding carboxylic acids is 1. The number of hydrogen-bond acceptors (Lipinski definition) is 3. The molecule has 2 fully saturated rings. The Morgan fingerprint density at radius 3 is 2.74 bits per heavy atom. The van der Waals surface area contributed by atoms with Crippen LogP contribution in [-0.2, 0) is 4.74 Å². The van der Waals surface area contributed by atoms with Gasteiger partial charge in [-0.1, -0.05) is 6.07 Å². The largest absolute Gasteiger partial charge is 0.444 e. The molecule has 0 spiro atoms. The summed E-state index contributed by atoms with van der Waals surface area (Å²) in [5, 5.41) is 4.03. The fraction of sp³-hybridized carbons (Fsp3) is 0.500. The number of ether oxygens (including phenoxy) is 1. The summed E-state index contributed by atoms with van der Waals surface area (Å²) in [6.45, 7) is 0.588. The summed E-state index contributed by atoms with van der Waals surface area (Å²) < 4.78 is 5.62. The topological polar surface area (TPSA) is 57.4 Å². The molecule has 1 aliphatic heterocycles. The molecule has 23 heavy (non-hydrogen) atoms. The fourth-order valence-electron chi connectivity index (χ4n) is 4.30. The maximum Gasteiger partial charge on any atom is 0.407 e. The van der Waals surface area contributed by atoms with Crippen molar-refractivity contribution in [3.63, 3.8) is 0 Å². The van der Waals surface area contributed by atoms with Crippen LogP contribution in [-0.4, -0.2) is 48.3 Å². The number of alkyl carbamates (subject to hydrolysis) is 1. The third kappa shape index (κ3) is 2.22. The molecule has 0 radical (unpaired) electrons. The zero-order valence-electron chi connectivity index (χ0n) is 13.6. The van der Waals surface area contributed by atoms with Crippen molar-refractivity contribution < 1.29 is 9.53 Å². The molecule has 2 aliphatic rings. The maximum atomic E-state index is 11.6. The summed E-state index contributed by atoms with van der Waals surface area (Å²) in [7, 11) is 4.29. The van der Waals surface area contributed by atoms with Crippen LogP contribution < -0.4 is 5.32 Å². The van der Waals surface area contributed by atoms with E-state index in [1.54, 1.807) is 0 Å². The second-order valence-electron chi connectivity index (χ2n) is 6.98. The average molecular weight is 313 g/mol. The SMILES string of the molecule is CN(C)C1(C(c2ccc3[nH]ccc3c2)C2CNC(=O)O2)CCC1. The lowest BCUT2D eigenvalue weighted by Gasteiger charge is -2.53. The van der Waals surface area contributed by atoms with Gasteiger partial charge in [0.25, 0.3) is 0 Å². The number of aromatic nitrogens is 1. The first-order valence-corrected chi connectivity index (χ1v) is 8.29. The van der Waals surface area contributed by atoms with Gasteiger partial charge in [-0.15, -0.1) is 0 Å². The number of nitrogens with one attached hydrogen (secondary N) is 2. The van der Waals surface area contributed by atoms with Gasteiger partial charge in [-0.2, -0.15) is 0 Å². The van der Waals surface area contributed by atoms with Crippen LogP contribution in [0.1, 0.15) is 30.7 Å². The first kappa shape index (κ1) is 14.6. The van der Waals surface area contributed by atoms with E-state index >= 15 is 0 Å². The van der Waals surface area contributed by atoms with Crippen molar-refractivity contribution in [2.75, 3.05) is 20.6 Å². The van der Waals surface area contributed by atoms with E-state index in [2.05, 4.69) is 53.6 Å². The van der Waals surface area contributed by atoms with Crippen LogP contribution in [0.3, 0.4) is 0 Å². The number of fused-ring (bicyclic) bond motifs is 1. The van der Waals surface area contributed by atoms with Gasteiger partial charge in [0.15, 0.2) is 0 Å². The van der Waals surface area contributed by atoms with Crippen LogP contribution >= 0.6 is 0 Å². The Kier molecular flexibility index (Phi) is 3.34. The standard InChI is InChI=1S/C18H23N3O2/c1-21(2)18(7-3-8-18)16(15-11-20-17(22)23-15)13-4-5-14-12(10-13)6-9-19-14/h4-6,9-10,15-16,19H,3,7-8,11H2,1-2H3,(H,20,22). The van der Waals surface area contributed by atoms with E-state index in [1.165, 1.54) is 17.4 Å². The lowest BCUT2D eigenvalue weighted by molar-refractivity contribution is -0.0126. The van der Waals surface area contributed by atoms with Gasteiger partial charge >= 0.3 is 6.09 Å². The highest BCUT2D eigenvalue weighted by Crippen LogP contribution is 2.49. The van der Waals surface area contributed by atoms with Crippen molar-refractivity contribution in [1.82, 2.24) is 15.2 Å². The quantitative estimate of drug-likeness (QED) is 0.912. The lowest BCUT2D eigenvalue weighted by Crippen LogP contribution is -2.57. The highest BCUT2D eigenvalue weighted by Gasteiger charge is 2.51. The van der Waals surface area contributed by atoms with Crippen LogP contribution in [0.15, 0.2) is 30.5 Å². The minimum atomic E-state index is -0.295. The summed E-state index contributed by atoms with van der Waals surface area (Å²) in [6.07, 6.45) is 5.08. The van der Waals surface area contributed by atoms with Crippen molar-refractivity contribution in [2.45, 2.75) is 36.8 Å². The lowest BCUT2D eigenvalue weighted by atomic mass is 9.63. The number of aromatic amines is 1. The van der Waals surface area contributed by atoms with Crippen molar-refractivity contribution in [1.29, 1.82) is 0 Å². The Morgan fingerprint density at radius 1 is 1.30 bits per heavy atom. The van der Waals surface area contributed by atoms with E-state index in [1.807, 2.05) is 6.20 Å². The smallest absolute Gasteiger partial charge is 0.407 e. The summed E-state index contributed by atoms with van der Waals surface area (Å²) in [6, 6.07) is 8.65. The van der Waals surface area contributed by atoms with E-state index in [9.17, 15) is 4.79 Å².